The Morgan fingerprint density at radius 1 is 1.20 bits per heavy atom. The number of carbonyl (C=O) groups excluding carboxylic acids is 1. The number of nitrogens with zero attached hydrogens (tertiary/aromatic N) is 1. The van der Waals surface area contributed by atoms with Crippen molar-refractivity contribution < 1.29 is 13.6 Å². The Hall–Kier alpha value is -2.95. The van der Waals surface area contributed by atoms with Crippen LogP contribution < -0.4 is 10.5 Å². The normalized spacial score (nSPS) is 16.7. The number of fused-ring (bicyclic) bond motifs is 2. The third-order valence-corrected chi connectivity index (χ3v) is 4.66. The van der Waals surface area contributed by atoms with Gasteiger partial charge in [0.2, 0.25) is 0 Å². The maximum Gasteiger partial charge on any atom is 0.349 e. The van der Waals surface area contributed by atoms with Gasteiger partial charge in [0.15, 0.2) is 0 Å². The molecule has 0 spiro atoms. The third-order valence-electron chi connectivity index (χ3n) is 4.66. The summed E-state index contributed by atoms with van der Waals surface area (Å²) < 4.78 is 18.8. The van der Waals surface area contributed by atoms with Gasteiger partial charge < -0.3 is 9.32 Å². The lowest BCUT2D eigenvalue weighted by atomic mass is 9.95. The Kier molecular flexibility index (Phi) is 3.64. The lowest BCUT2D eigenvalue weighted by Crippen LogP contribution is -2.43. The van der Waals surface area contributed by atoms with E-state index < -0.39 is 11.5 Å². The molecule has 1 aliphatic rings. The van der Waals surface area contributed by atoms with E-state index in [9.17, 15) is 14.0 Å². The molecule has 0 radical (unpaired) electrons. The van der Waals surface area contributed by atoms with Gasteiger partial charge in [-0.15, -0.1) is 0 Å². The highest BCUT2D eigenvalue weighted by molar-refractivity contribution is 6.08. The van der Waals surface area contributed by atoms with Crippen LogP contribution in [0, 0.1) is 5.82 Å². The summed E-state index contributed by atoms with van der Waals surface area (Å²) >= 11 is 0. The third kappa shape index (κ3) is 2.61. The molecule has 1 atom stereocenters. The van der Waals surface area contributed by atoms with Gasteiger partial charge in [-0.05, 0) is 55.7 Å². The van der Waals surface area contributed by atoms with Crippen molar-refractivity contribution in [1.82, 2.24) is 0 Å². The van der Waals surface area contributed by atoms with Gasteiger partial charge in [-0.3, -0.25) is 4.79 Å². The van der Waals surface area contributed by atoms with Crippen molar-refractivity contribution in [2.24, 2.45) is 0 Å². The van der Waals surface area contributed by atoms with Crippen LogP contribution in [0.5, 0.6) is 0 Å². The van der Waals surface area contributed by atoms with Crippen LogP contribution in [-0.4, -0.2) is 11.9 Å². The molecule has 4 nitrogen and oxygen atoms in total. The molecule has 0 fully saturated rings. The Bertz CT molecular complexity index is 1040. The smallest absolute Gasteiger partial charge is 0.349 e. The molecule has 0 saturated heterocycles. The zero-order valence-electron chi connectivity index (χ0n) is 13.7. The Balaban J connectivity index is 1.84. The van der Waals surface area contributed by atoms with Gasteiger partial charge in [-0.25, -0.2) is 9.18 Å². The van der Waals surface area contributed by atoms with E-state index in [-0.39, 0.29) is 17.4 Å². The van der Waals surface area contributed by atoms with Crippen LogP contribution in [0.15, 0.2) is 57.7 Å². The fraction of sp³-hybridized carbons (Fsp3) is 0.200. The number of anilines is 1. The highest BCUT2D eigenvalue weighted by atomic mass is 19.1. The second-order valence-electron chi connectivity index (χ2n) is 6.32. The second kappa shape index (κ2) is 5.84. The standard InChI is InChI=1S/C20H16FNO3/c1-12-6-7-13-10-15(21)8-9-17(13)22(12)19(23)16-11-14-4-2-3-5-18(14)25-20(16)24/h2-5,8-12H,6-7H2,1H3/t12-/m1/s1. The zero-order valence-corrected chi connectivity index (χ0v) is 13.7. The largest absolute Gasteiger partial charge is 0.422 e. The Labute approximate surface area is 143 Å². The number of aryl methyl sites for hydroxylation is 1. The summed E-state index contributed by atoms with van der Waals surface area (Å²) in [5.74, 6) is -0.745. The first-order valence-electron chi connectivity index (χ1n) is 8.19. The van der Waals surface area contributed by atoms with Gasteiger partial charge >= 0.3 is 5.63 Å². The minimum atomic E-state index is -0.662. The van der Waals surface area contributed by atoms with Crippen LogP contribution in [0.4, 0.5) is 10.1 Å². The van der Waals surface area contributed by atoms with Crippen molar-refractivity contribution >= 4 is 22.6 Å². The minimum Gasteiger partial charge on any atom is -0.422 e. The summed E-state index contributed by atoms with van der Waals surface area (Å²) in [6.45, 7) is 1.92. The predicted molar refractivity (Wildman–Crippen MR) is 93.5 cm³/mol. The lowest BCUT2D eigenvalue weighted by molar-refractivity contribution is 0.0971. The van der Waals surface area contributed by atoms with Crippen molar-refractivity contribution in [3.05, 3.63) is 75.9 Å². The first-order chi connectivity index (χ1) is 12.0. The van der Waals surface area contributed by atoms with Crippen LogP contribution in [0.25, 0.3) is 11.0 Å². The quantitative estimate of drug-likeness (QED) is 0.633. The second-order valence-corrected chi connectivity index (χ2v) is 6.32. The maximum atomic E-state index is 13.5. The van der Waals surface area contributed by atoms with E-state index in [0.29, 0.717) is 29.5 Å². The molecule has 0 saturated carbocycles. The molecule has 5 heteroatoms. The van der Waals surface area contributed by atoms with Crippen molar-refractivity contribution in [2.75, 3.05) is 4.90 Å². The molecule has 0 N–H and O–H groups in total. The minimum absolute atomic E-state index is 0.0114. The van der Waals surface area contributed by atoms with Crippen LogP contribution in [0.1, 0.15) is 29.3 Å². The van der Waals surface area contributed by atoms with Crippen LogP contribution in [0.3, 0.4) is 0 Å². The first kappa shape index (κ1) is 15.6. The number of benzene rings is 2. The molecule has 0 bridgehead atoms. The molecule has 4 rings (SSSR count). The number of amides is 1. The number of hydrogen-bond acceptors (Lipinski definition) is 3. The van der Waals surface area contributed by atoms with Gasteiger partial charge in [0, 0.05) is 17.1 Å². The van der Waals surface area contributed by atoms with E-state index in [4.69, 9.17) is 4.42 Å². The highest BCUT2D eigenvalue weighted by Crippen LogP contribution is 2.32. The number of halogens is 1. The van der Waals surface area contributed by atoms with E-state index in [1.54, 1.807) is 35.2 Å². The molecule has 0 unspecified atom stereocenters. The van der Waals surface area contributed by atoms with Gasteiger partial charge in [-0.2, -0.15) is 0 Å². The molecule has 1 aromatic heterocycles. The van der Waals surface area contributed by atoms with E-state index in [2.05, 4.69) is 0 Å². The Morgan fingerprint density at radius 3 is 2.84 bits per heavy atom. The van der Waals surface area contributed by atoms with Gasteiger partial charge in [0.25, 0.3) is 5.91 Å². The number of para-hydroxylation sites is 1. The first-order valence-corrected chi connectivity index (χ1v) is 8.19. The average molecular weight is 337 g/mol. The zero-order chi connectivity index (χ0) is 17.6. The summed E-state index contributed by atoms with van der Waals surface area (Å²) in [5.41, 5.74) is 1.19. The van der Waals surface area contributed by atoms with Crippen molar-refractivity contribution in [3.63, 3.8) is 0 Å². The van der Waals surface area contributed by atoms with Crippen LogP contribution >= 0.6 is 0 Å². The summed E-state index contributed by atoms with van der Waals surface area (Å²) in [7, 11) is 0. The van der Waals surface area contributed by atoms with E-state index in [0.717, 1.165) is 5.56 Å². The number of rotatable bonds is 1. The van der Waals surface area contributed by atoms with Crippen molar-refractivity contribution in [1.29, 1.82) is 0 Å². The SMILES string of the molecule is C[C@@H]1CCc2cc(F)ccc2N1C(=O)c1cc2ccccc2oc1=O. The van der Waals surface area contributed by atoms with E-state index in [1.165, 1.54) is 12.1 Å². The maximum absolute atomic E-state index is 13.5. The molecule has 2 heterocycles. The lowest BCUT2D eigenvalue weighted by Gasteiger charge is -2.35. The molecule has 126 valence electrons. The predicted octanol–water partition coefficient (Wildman–Crippen LogP) is 3.91. The molecule has 0 aliphatic carbocycles. The Morgan fingerprint density at radius 2 is 2.00 bits per heavy atom. The van der Waals surface area contributed by atoms with Crippen LogP contribution in [-0.2, 0) is 6.42 Å². The topological polar surface area (TPSA) is 50.5 Å². The summed E-state index contributed by atoms with van der Waals surface area (Å²) in [5, 5.41) is 0.689. The highest BCUT2D eigenvalue weighted by Gasteiger charge is 2.31. The molecule has 3 aromatic rings. The number of carbonyl (C=O) groups is 1. The summed E-state index contributed by atoms with van der Waals surface area (Å²) in [6, 6.07) is 12.9. The van der Waals surface area contributed by atoms with Gasteiger partial charge in [0.1, 0.15) is 17.0 Å². The number of hydrogen-bond donors (Lipinski definition) is 0. The average Bonchev–Trinajstić information content (AvgIpc) is 2.60. The van der Waals surface area contributed by atoms with Crippen molar-refractivity contribution in [2.45, 2.75) is 25.8 Å². The molecular weight excluding hydrogens is 321 g/mol. The molecule has 1 amide bonds. The van der Waals surface area contributed by atoms with E-state index >= 15 is 0 Å². The fourth-order valence-electron chi connectivity index (χ4n) is 3.37. The monoisotopic (exact) mass is 337 g/mol. The molecule has 2 aromatic carbocycles. The van der Waals surface area contributed by atoms with Gasteiger partial charge in [0.05, 0.1) is 0 Å². The molecular formula is C20H16FNO3. The molecule has 25 heavy (non-hydrogen) atoms. The summed E-state index contributed by atoms with van der Waals surface area (Å²) in [4.78, 5) is 27.0. The van der Waals surface area contributed by atoms with Gasteiger partial charge in [-0.1, -0.05) is 18.2 Å². The van der Waals surface area contributed by atoms with Crippen LogP contribution in [0.2, 0.25) is 0 Å². The van der Waals surface area contributed by atoms with Crippen molar-refractivity contribution in [3.8, 4) is 0 Å². The van der Waals surface area contributed by atoms with E-state index in [1.807, 2.05) is 13.0 Å². The molecule has 1 aliphatic heterocycles. The fourth-order valence-corrected chi connectivity index (χ4v) is 3.37. The summed E-state index contributed by atoms with van der Waals surface area (Å²) in [6.07, 6.45) is 1.41.